The molecule has 6 heteroatoms. The number of nitrogens with one attached hydrogen (secondary N) is 1. The number of thiazole rings is 1. The van der Waals surface area contributed by atoms with E-state index in [1.807, 2.05) is 48.5 Å². The number of hydrogen-bond acceptors (Lipinski definition) is 5. The fourth-order valence-corrected chi connectivity index (χ4v) is 3.56. The molecule has 1 aromatic heterocycles. The molecule has 3 rings (SSSR count). The topological polar surface area (TPSA) is 75.0 Å². The summed E-state index contributed by atoms with van der Waals surface area (Å²) in [5.74, 6) is 0.304. The third kappa shape index (κ3) is 6.29. The van der Waals surface area contributed by atoms with E-state index in [4.69, 9.17) is 4.74 Å². The zero-order chi connectivity index (χ0) is 21.2. The second-order valence-electron chi connectivity index (χ2n) is 6.69. The van der Waals surface area contributed by atoms with Crippen LogP contribution >= 0.6 is 11.3 Å². The second kappa shape index (κ2) is 10.9. The summed E-state index contributed by atoms with van der Waals surface area (Å²) >= 11 is 1.41. The van der Waals surface area contributed by atoms with Gasteiger partial charge in [-0.15, -0.1) is 11.3 Å². The maximum absolute atomic E-state index is 12.5. The first-order valence-corrected chi connectivity index (χ1v) is 10.6. The minimum Gasteiger partial charge on any atom is -0.494 e. The molecule has 0 bridgehead atoms. The molecule has 152 valence electrons. The van der Waals surface area contributed by atoms with Gasteiger partial charge in [0.2, 0.25) is 0 Å². The molecule has 3 aromatic rings. The van der Waals surface area contributed by atoms with Crippen molar-refractivity contribution in [3.05, 3.63) is 82.4 Å². The van der Waals surface area contributed by atoms with Crippen molar-refractivity contribution in [2.45, 2.75) is 26.2 Å². The maximum atomic E-state index is 12.5. The van der Waals surface area contributed by atoms with Gasteiger partial charge in [-0.05, 0) is 35.8 Å². The van der Waals surface area contributed by atoms with Gasteiger partial charge in [0.25, 0.3) is 5.91 Å². The Morgan fingerprint density at radius 3 is 2.67 bits per heavy atom. The summed E-state index contributed by atoms with van der Waals surface area (Å²) in [4.78, 5) is 17.8. The first kappa shape index (κ1) is 21.3. The SMILES string of the molecule is CCCCOc1ccc(/C=C(/C#N)C(=O)Nc2ncc(Cc3ccccc3)s2)cc1. The van der Waals surface area contributed by atoms with Crippen LogP contribution in [0.2, 0.25) is 0 Å². The van der Waals surface area contributed by atoms with Crippen LogP contribution in [-0.4, -0.2) is 17.5 Å². The maximum Gasteiger partial charge on any atom is 0.268 e. The van der Waals surface area contributed by atoms with Crippen molar-refractivity contribution in [2.24, 2.45) is 0 Å². The van der Waals surface area contributed by atoms with Gasteiger partial charge in [-0.25, -0.2) is 4.98 Å². The number of benzene rings is 2. The number of nitrogens with zero attached hydrogens (tertiary/aromatic N) is 2. The molecule has 1 N–H and O–H groups in total. The van der Waals surface area contributed by atoms with E-state index in [1.165, 1.54) is 16.9 Å². The Labute approximate surface area is 180 Å². The summed E-state index contributed by atoms with van der Waals surface area (Å²) in [5, 5.41) is 12.6. The van der Waals surface area contributed by atoms with E-state index in [1.54, 1.807) is 12.3 Å². The molecule has 0 aliphatic carbocycles. The van der Waals surface area contributed by atoms with Gasteiger partial charge >= 0.3 is 0 Å². The van der Waals surface area contributed by atoms with Crippen molar-refractivity contribution in [2.75, 3.05) is 11.9 Å². The Morgan fingerprint density at radius 1 is 1.20 bits per heavy atom. The van der Waals surface area contributed by atoms with Gasteiger partial charge in [0.05, 0.1) is 6.61 Å². The lowest BCUT2D eigenvalue weighted by molar-refractivity contribution is -0.112. The number of carbonyl (C=O) groups is 1. The summed E-state index contributed by atoms with van der Waals surface area (Å²) < 4.78 is 5.63. The highest BCUT2D eigenvalue weighted by Crippen LogP contribution is 2.22. The highest BCUT2D eigenvalue weighted by Gasteiger charge is 2.12. The molecule has 30 heavy (non-hydrogen) atoms. The number of carbonyl (C=O) groups excluding carboxylic acids is 1. The Kier molecular flexibility index (Phi) is 7.76. The predicted molar refractivity (Wildman–Crippen MR) is 120 cm³/mol. The molecule has 1 heterocycles. The molecule has 5 nitrogen and oxygen atoms in total. The summed E-state index contributed by atoms with van der Waals surface area (Å²) in [5.41, 5.74) is 1.96. The Bertz CT molecular complexity index is 1030. The van der Waals surface area contributed by atoms with Crippen molar-refractivity contribution in [3.63, 3.8) is 0 Å². The number of unbranched alkanes of at least 4 members (excludes halogenated alkanes) is 1. The lowest BCUT2D eigenvalue weighted by atomic mass is 10.1. The second-order valence-corrected chi connectivity index (χ2v) is 7.80. The normalized spacial score (nSPS) is 11.0. The van der Waals surface area contributed by atoms with Crippen LogP contribution in [0.5, 0.6) is 5.75 Å². The average molecular weight is 418 g/mol. The number of ether oxygens (including phenoxy) is 1. The quantitative estimate of drug-likeness (QED) is 0.285. The van der Waals surface area contributed by atoms with Crippen molar-refractivity contribution in [3.8, 4) is 11.8 Å². The number of aromatic nitrogens is 1. The van der Waals surface area contributed by atoms with Crippen LogP contribution in [0, 0.1) is 11.3 Å². The minimum atomic E-state index is -0.471. The van der Waals surface area contributed by atoms with E-state index in [0.29, 0.717) is 11.7 Å². The minimum absolute atomic E-state index is 0.0226. The van der Waals surface area contributed by atoms with Crippen LogP contribution in [0.25, 0.3) is 6.08 Å². The van der Waals surface area contributed by atoms with E-state index in [2.05, 4.69) is 29.4 Å². The third-order valence-corrected chi connectivity index (χ3v) is 5.23. The summed E-state index contributed by atoms with van der Waals surface area (Å²) in [6.45, 7) is 2.79. The van der Waals surface area contributed by atoms with Gasteiger partial charge in [0, 0.05) is 17.5 Å². The van der Waals surface area contributed by atoms with Crippen LogP contribution in [0.3, 0.4) is 0 Å². The van der Waals surface area contributed by atoms with E-state index in [0.717, 1.165) is 35.5 Å². The van der Waals surface area contributed by atoms with Crippen LogP contribution < -0.4 is 10.1 Å². The lowest BCUT2D eigenvalue weighted by Gasteiger charge is -2.05. The van der Waals surface area contributed by atoms with Gasteiger partial charge in [-0.3, -0.25) is 10.1 Å². The monoisotopic (exact) mass is 417 g/mol. The third-order valence-electron chi connectivity index (χ3n) is 4.32. The van der Waals surface area contributed by atoms with E-state index in [-0.39, 0.29) is 5.57 Å². The average Bonchev–Trinajstić information content (AvgIpc) is 3.20. The molecule has 0 saturated carbocycles. The van der Waals surface area contributed by atoms with Crippen molar-refractivity contribution in [1.82, 2.24) is 4.98 Å². The first-order valence-electron chi connectivity index (χ1n) is 9.82. The van der Waals surface area contributed by atoms with Crippen molar-refractivity contribution < 1.29 is 9.53 Å². The number of rotatable bonds is 9. The smallest absolute Gasteiger partial charge is 0.268 e. The van der Waals surface area contributed by atoms with Crippen molar-refractivity contribution >= 4 is 28.5 Å². The van der Waals surface area contributed by atoms with Gasteiger partial charge < -0.3 is 4.74 Å². The number of hydrogen-bond donors (Lipinski definition) is 1. The Hall–Kier alpha value is -3.43. The van der Waals surface area contributed by atoms with Crippen LogP contribution in [0.15, 0.2) is 66.4 Å². The molecule has 0 unspecified atom stereocenters. The summed E-state index contributed by atoms with van der Waals surface area (Å²) in [7, 11) is 0. The first-order chi connectivity index (χ1) is 14.7. The predicted octanol–water partition coefficient (Wildman–Crippen LogP) is 5.46. The number of nitriles is 1. The zero-order valence-corrected chi connectivity index (χ0v) is 17.6. The van der Waals surface area contributed by atoms with Gasteiger partial charge in [0.1, 0.15) is 17.4 Å². The van der Waals surface area contributed by atoms with Crippen LogP contribution in [-0.2, 0) is 11.2 Å². The number of anilines is 1. The molecule has 0 atom stereocenters. The van der Waals surface area contributed by atoms with Crippen LogP contribution in [0.4, 0.5) is 5.13 Å². The highest BCUT2D eigenvalue weighted by molar-refractivity contribution is 7.15. The van der Waals surface area contributed by atoms with Gasteiger partial charge in [-0.2, -0.15) is 5.26 Å². The molecule has 0 radical (unpaired) electrons. The fraction of sp³-hybridized carbons (Fsp3) is 0.208. The Morgan fingerprint density at radius 2 is 1.97 bits per heavy atom. The molecule has 0 spiro atoms. The van der Waals surface area contributed by atoms with Crippen molar-refractivity contribution in [1.29, 1.82) is 5.26 Å². The van der Waals surface area contributed by atoms with E-state index >= 15 is 0 Å². The molecular formula is C24H23N3O2S. The number of amides is 1. The zero-order valence-electron chi connectivity index (χ0n) is 16.8. The molecule has 0 aliphatic rings. The highest BCUT2D eigenvalue weighted by atomic mass is 32.1. The fourth-order valence-electron chi connectivity index (χ4n) is 2.72. The molecule has 1 amide bonds. The van der Waals surface area contributed by atoms with E-state index in [9.17, 15) is 10.1 Å². The van der Waals surface area contributed by atoms with Crippen LogP contribution in [0.1, 0.15) is 35.8 Å². The largest absolute Gasteiger partial charge is 0.494 e. The summed E-state index contributed by atoms with van der Waals surface area (Å²) in [6.07, 6.45) is 6.14. The summed E-state index contributed by atoms with van der Waals surface area (Å²) in [6, 6.07) is 19.4. The van der Waals surface area contributed by atoms with Gasteiger partial charge in [0.15, 0.2) is 5.13 Å². The van der Waals surface area contributed by atoms with E-state index < -0.39 is 5.91 Å². The molecule has 0 saturated heterocycles. The standard InChI is InChI=1S/C24H23N3O2S/c1-2-3-13-29-21-11-9-19(10-12-21)14-20(16-25)23(28)27-24-26-17-22(30-24)15-18-7-5-4-6-8-18/h4-12,14,17H,2-3,13,15H2,1H3,(H,26,27,28)/b20-14-. The van der Waals surface area contributed by atoms with Gasteiger partial charge in [-0.1, -0.05) is 55.8 Å². The molecule has 0 fully saturated rings. The Balaban J connectivity index is 1.61. The molecule has 2 aromatic carbocycles. The molecule has 0 aliphatic heterocycles. The molecular weight excluding hydrogens is 394 g/mol. The lowest BCUT2D eigenvalue weighted by Crippen LogP contribution is -2.13.